The van der Waals surface area contributed by atoms with Gasteiger partial charge in [0.2, 0.25) is 10.1 Å². The molecule has 3 heterocycles. The highest BCUT2D eigenvalue weighted by molar-refractivity contribution is 7.20. The first-order chi connectivity index (χ1) is 11.7. The Bertz CT molecular complexity index is 820. The molecule has 126 valence electrons. The molecular weight excluding hydrogens is 324 g/mol. The number of benzene rings is 1. The molecule has 0 amide bonds. The third kappa shape index (κ3) is 2.58. The van der Waals surface area contributed by atoms with Crippen LogP contribution in [-0.4, -0.2) is 41.9 Å². The summed E-state index contributed by atoms with van der Waals surface area (Å²) in [7, 11) is 3.36. The highest BCUT2D eigenvalue weighted by Crippen LogP contribution is 2.33. The Kier molecular flexibility index (Phi) is 3.80. The third-order valence-corrected chi connectivity index (χ3v) is 5.41. The first-order valence-electron chi connectivity index (χ1n) is 7.99. The molecule has 0 fully saturated rings. The fourth-order valence-electron chi connectivity index (χ4n) is 3.17. The van der Waals surface area contributed by atoms with Gasteiger partial charge in [0.15, 0.2) is 11.5 Å². The standard InChI is InChI=1S/C17H20N4O2S/c1-11-10-21-16(18-11)24-17(19-21)20-6-4-12-8-14(22-2)15(23-3)9-13(12)5-7-20/h8-10H,4-7H2,1-3H3. The summed E-state index contributed by atoms with van der Waals surface area (Å²) < 4.78 is 12.7. The zero-order valence-electron chi connectivity index (χ0n) is 14.1. The Morgan fingerprint density at radius 1 is 1.04 bits per heavy atom. The van der Waals surface area contributed by atoms with Gasteiger partial charge in [-0.05, 0) is 43.0 Å². The molecular formula is C17H20N4O2S. The van der Waals surface area contributed by atoms with E-state index in [2.05, 4.69) is 27.1 Å². The fraction of sp³-hybridized carbons (Fsp3) is 0.412. The lowest BCUT2D eigenvalue weighted by molar-refractivity contribution is 0.354. The Morgan fingerprint density at radius 3 is 2.21 bits per heavy atom. The number of rotatable bonds is 3. The number of aryl methyl sites for hydroxylation is 1. The minimum atomic E-state index is 0.799. The zero-order valence-corrected chi connectivity index (χ0v) is 14.9. The zero-order chi connectivity index (χ0) is 16.7. The second kappa shape index (κ2) is 5.98. The van der Waals surface area contributed by atoms with Gasteiger partial charge in [0.1, 0.15) is 0 Å². The molecule has 1 aliphatic rings. The summed E-state index contributed by atoms with van der Waals surface area (Å²) in [5.41, 5.74) is 3.66. The molecule has 0 saturated heterocycles. The van der Waals surface area contributed by atoms with E-state index >= 15 is 0 Å². The molecule has 6 nitrogen and oxygen atoms in total. The number of ether oxygens (including phenoxy) is 2. The molecule has 1 aliphatic heterocycles. The fourth-order valence-corrected chi connectivity index (χ4v) is 4.15. The predicted molar refractivity (Wildman–Crippen MR) is 94.8 cm³/mol. The third-order valence-electron chi connectivity index (χ3n) is 4.43. The molecule has 4 rings (SSSR count). The Hall–Kier alpha value is -2.28. The van der Waals surface area contributed by atoms with Gasteiger partial charge in [0, 0.05) is 13.1 Å². The number of methoxy groups -OCH3 is 2. The van der Waals surface area contributed by atoms with Crippen molar-refractivity contribution in [1.29, 1.82) is 0 Å². The molecule has 7 heteroatoms. The van der Waals surface area contributed by atoms with Crippen LogP contribution in [0.1, 0.15) is 16.8 Å². The van der Waals surface area contributed by atoms with Crippen LogP contribution in [0.5, 0.6) is 11.5 Å². The normalized spacial score (nSPS) is 14.5. The van der Waals surface area contributed by atoms with Crippen molar-refractivity contribution in [1.82, 2.24) is 14.6 Å². The van der Waals surface area contributed by atoms with Gasteiger partial charge in [0.25, 0.3) is 0 Å². The Balaban J connectivity index is 1.60. The maximum Gasteiger partial charge on any atom is 0.214 e. The van der Waals surface area contributed by atoms with E-state index in [1.165, 1.54) is 11.1 Å². The molecule has 0 unspecified atom stereocenters. The number of fused-ring (bicyclic) bond motifs is 2. The molecule has 0 saturated carbocycles. The number of hydrogen-bond acceptors (Lipinski definition) is 6. The second-order valence-corrected chi connectivity index (χ2v) is 6.89. The summed E-state index contributed by atoms with van der Waals surface area (Å²) in [6.07, 6.45) is 3.91. The molecule has 0 aliphatic carbocycles. The van der Waals surface area contributed by atoms with E-state index in [1.54, 1.807) is 25.6 Å². The first-order valence-corrected chi connectivity index (χ1v) is 8.81. The minimum Gasteiger partial charge on any atom is -0.493 e. The number of hydrogen-bond donors (Lipinski definition) is 0. The molecule has 3 aromatic rings. The smallest absolute Gasteiger partial charge is 0.214 e. The number of aromatic nitrogens is 3. The largest absolute Gasteiger partial charge is 0.493 e. The topological polar surface area (TPSA) is 51.9 Å². The van der Waals surface area contributed by atoms with E-state index in [4.69, 9.17) is 9.47 Å². The first kappa shape index (κ1) is 15.3. The van der Waals surface area contributed by atoms with Gasteiger partial charge in [-0.3, -0.25) is 0 Å². The van der Waals surface area contributed by atoms with Crippen LogP contribution in [0.15, 0.2) is 18.3 Å². The Labute approximate surface area is 144 Å². The highest BCUT2D eigenvalue weighted by atomic mass is 32.1. The molecule has 0 bridgehead atoms. The SMILES string of the molecule is COc1cc2c(cc1OC)CCN(c1nn3cc(C)nc3s1)CC2. The van der Waals surface area contributed by atoms with Crippen LogP contribution in [0.25, 0.3) is 4.96 Å². The maximum atomic E-state index is 5.43. The van der Waals surface area contributed by atoms with Crippen molar-refractivity contribution in [2.45, 2.75) is 19.8 Å². The summed E-state index contributed by atoms with van der Waals surface area (Å²) in [4.78, 5) is 7.79. The minimum absolute atomic E-state index is 0.799. The monoisotopic (exact) mass is 344 g/mol. The van der Waals surface area contributed by atoms with E-state index in [0.29, 0.717) is 0 Å². The van der Waals surface area contributed by atoms with Crippen molar-refractivity contribution < 1.29 is 9.47 Å². The van der Waals surface area contributed by atoms with Gasteiger partial charge in [-0.2, -0.15) is 0 Å². The van der Waals surface area contributed by atoms with Gasteiger partial charge < -0.3 is 14.4 Å². The molecule has 0 spiro atoms. The van der Waals surface area contributed by atoms with Gasteiger partial charge in [-0.25, -0.2) is 9.50 Å². The average molecular weight is 344 g/mol. The van der Waals surface area contributed by atoms with Crippen LogP contribution >= 0.6 is 11.3 Å². The molecule has 0 atom stereocenters. The maximum absolute atomic E-state index is 5.43. The van der Waals surface area contributed by atoms with E-state index in [-0.39, 0.29) is 0 Å². The van der Waals surface area contributed by atoms with Crippen molar-refractivity contribution in [3.05, 3.63) is 35.2 Å². The van der Waals surface area contributed by atoms with Gasteiger partial charge in [-0.15, -0.1) is 5.10 Å². The molecule has 0 N–H and O–H groups in total. The van der Waals surface area contributed by atoms with Crippen molar-refractivity contribution >= 4 is 21.4 Å². The number of nitrogens with zero attached hydrogens (tertiary/aromatic N) is 4. The quantitative estimate of drug-likeness (QED) is 0.731. The summed E-state index contributed by atoms with van der Waals surface area (Å²) in [6.45, 7) is 3.88. The van der Waals surface area contributed by atoms with Gasteiger partial charge in [0.05, 0.1) is 26.1 Å². The van der Waals surface area contributed by atoms with Crippen molar-refractivity contribution in [3.63, 3.8) is 0 Å². The lowest BCUT2D eigenvalue weighted by Crippen LogP contribution is -2.25. The van der Waals surface area contributed by atoms with E-state index in [0.717, 1.165) is 53.2 Å². The van der Waals surface area contributed by atoms with Crippen LogP contribution in [-0.2, 0) is 12.8 Å². The van der Waals surface area contributed by atoms with Crippen LogP contribution in [0.3, 0.4) is 0 Å². The summed E-state index contributed by atoms with van der Waals surface area (Å²) in [6, 6.07) is 4.21. The lowest BCUT2D eigenvalue weighted by atomic mass is 10.0. The van der Waals surface area contributed by atoms with Crippen LogP contribution in [0, 0.1) is 6.92 Å². The van der Waals surface area contributed by atoms with E-state index in [9.17, 15) is 0 Å². The van der Waals surface area contributed by atoms with Crippen molar-refractivity contribution in [2.24, 2.45) is 0 Å². The van der Waals surface area contributed by atoms with Crippen LogP contribution in [0.4, 0.5) is 5.13 Å². The molecule has 2 aromatic heterocycles. The summed E-state index contributed by atoms with van der Waals surface area (Å²) >= 11 is 1.65. The summed E-state index contributed by atoms with van der Waals surface area (Å²) in [5.74, 6) is 1.60. The number of anilines is 1. The second-order valence-electron chi connectivity index (χ2n) is 5.96. The Morgan fingerprint density at radius 2 is 1.67 bits per heavy atom. The van der Waals surface area contributed by atoms with Crippen LogP contribution < -0.4 is 14.4 Å². The van der Waals surface area contributed by atoms with E-state index in [1.807, 2.05) is 17.6 Å². The van der Waals surface area contributed by atoms with Gasteiger partial charge in [-0.1, -0.05) is 11.3 Å². The van der Waals surface area contributed by atoms with Crippen molar-refractivity contribution in [2.75, 3.05) is 32.2 Å². The molecule has 0 radical (unpaired) electrons. The average Bonchev–Trinajstić information content (AvgIpc) is 3.04. The van der Waals surface area contributed by atoms with E-state index < -0.39 is 0 Å². The van der Waals surface area contributed by atoms with Crippen LogP contribution in [0.2, 0.25) is 0 Å². The molecule has 1 aromatic carbocycles. The molecule has 24 heavy (non-hydrogen) atoms. The predicted octanol–water partition coefficient (Wildman–Crippen LogP) is 2.72. The van der Waals surface area contributed by atoms with Crippen molar-refractivity contribution in [3.8, 4) is 11.5 Å². The number of imidazole rings is 1. The van der Waals surface area contributed by atoms with Gasteiger partial charge >= 0.3 is 0 Å². The summed E-state index contributed by atoms with van der Waals surface area (Å²) in [5, 5.41) is 5.71. The highest BCUT2D eigenvalue weighted by Gasteiger charge is 2.20. The lowest BCUT2D eigenvalue weighted by Gasteiger charge is -2.17.